The molecule has 1 aliphatic heterocycles. The van der Waals surface area contributed by atoms with Crippen molar-refractivity contribution < 1.29 is 14.6 Å². The quantitative estimate of drug-likeness (QED) is 0.647. The zero-order chi connectivity index (χ0) is 15.7. The number of aliphatic carboxylic acids is 1. The van der Waals surface area contributed by atoms with Gasteiger partial charge >= 0.3 is 5.97 Å². The van der Waals surface area contributed by atoms with Crippen LogP contribution in [0.25, 0.3) is 0 Å². The molecular formula is C16H32N2O3. The van der Waals surface area contributed by atoms with Gasteiger partial charge in [0, 0.05) is 12.6 Å². The molecule has 1 saturated heterocycles. The van der Waals surface area contributed by atoms with E-state index >= 15 is 0 Å². The summed E-state index contributed by atoms with van der Waals surface area (Å²) in [6, 6.07) is 0.489. The minimum absolute atomic E-state index is 0.489. The smallest absolute Gasteiger partial charge is 0.323 e. The van der Waals surface area contributed by atoms with Gasteiger partial charge in [-0.15, -0.1) is 0 Å². The molecule has 1 fully saturated rings. The van der Waals surface area contributed by atoms with E-state index in [9.17, 15) is 9.90 Å². The number of carboxylic acids is 1. The number of hydrogen-bond acceptors (Lipinski definition) is 4. The number of morpholine rings is 1. The third kappa shape index (κ3) is 5.24. The largest absolute Gasteiger partial charge is 0.480 e. The van der Waals surface area contributed by atoms with Gasteiger partial charge in [0.2, 0.25) is 0 Å². The number of nitrogens with zero attached hydrogens (tertiary/aromatic N) is 1. The highest BCUT2D eigenvalue weighted by Gasteiger charge is 2.35. The fourth-order valence-electron chi connectivity index (χ4n) is 3.03. The molecule has 0 aromatic carbocycles. The van der Waals surface area contributed by atoms with E-state index in [1.165, 1.54) is 0 Å². The number of carboxylic acid groups (broad SMARTS) is 1. The minimum Gasteiger partial charge on any atom is -0.480 e. The predicted octanol–water partition coefficient (Wildman–Crippen LogP) is 2.11. The molecule has 0 bridgehead atoms. The Labute approximate surface area is 129 Å². The van der Waals surface area contributed by atoms with Gasteiger partial charge < -0.3 is 15.2 Å². The summed E-state index contributed by atoms with van der Waals surface area (Å²) in [5.41, 5.74) is -0.760. The molecule has 0 saturated carbocycles. The van der Waals surface area contributed by atoms with Crippen molar-refractivity contribution in [1.82, 2.24) is 10.2 Å². The first-order valence-electron chi connectivity index (χ1n) is 8.39. The molecule has 1 rings (SSSR count). The molecular weight excluding hydrogens is 268 g/mol. The van der Waals surface area contributed by atoms with Crippen LogP contribution in [-0.4, -0.2) is 60.4 Å². The van der Waals surface area contributed by atoms with Crippen LogP contribution in [-0.2, 0) is 9.53 Å². The zero-order valence-electron chi connectivity index (χ0n) is 13.9. The fraction of sp³-hybridized carbons (Fsp3) is 0.938. The van der Waals surface area contributed by atoms with Crippen molar-refractivity contribution in [1.29, 1.82) is 0 Å². The van der Waals surface area contributed by atoms with Gasteiger partial charge in [-0.3, -0.25) is 9.69 Å². The Balaban J connectivity index is 2.50. The number of nitrogens with one attached hydrogen (secondary N) is 1. The minimum atomic E-state index is -0.760. The molecule has 1 aliphatic rings. The van der Waals surface area contributed by atoms with Crippen molar-refractivity contribution in [3.8, 4) is 0 Å². The van der Waals surface area contributed by atoms with Crippen LogP contribution in [0.2, 0.25) is 0 Å². The summed E-state index contributed by atoms with van der Waals surface area (Å²) in [7, 11) is 0. The van der Waals surface area contributed by atoms with Crippen LogP contribution >= 0.6 is 0 Å². The van der Waals surface area contributed by atoms with Crippen LogP contribution in [0.4, 0.5) is 0 Å². The maximum Gasteiger partial charge on any atom is 0.323 e. The second kappa shape index (κ2) is 9.38. The van der Waals surface area contributed by atoms with E-state index < -0.39 is 11.5 Å². The van der Waals surface area contributed by atoms with Crippen LogP contribution in [0, 0.1) is 0 Å². The van der Waals surface area contributed by atoms with Gasteiger partial charge in [-0.25, -0.2) is 0 Å². The summed E-state index contributed by atoms with van der Waals surface area (Å²) < 4.78 is 5.51. The van der Waals surface area contributed by atoms with Gasteiger partial charge in [0.1, 0.15) is 5.54 Å². The lowest BCUT2D eigenvalue weighted by Crippen LogP contribution is -2.52. The van der Waals surface area contributed by atoms with Gasteiger partial charge in [-0.2, -0.15) is 0 Å². The normalized spacial score (nSPS) is 22.9. The number of rotatable bonds is 10. The molecule has 0 spiro atoms. The van der Waals surface area contributed by atoms with E-state index in [0.29, 0.717) is 18.9 Å². The first kappa shape index (κ1) is 18.4. The van der Waals surface area contributed by atoms with Gasteiger partial charge in [0.25, 0.3) is 0 Å². The summed E-state index contributed by atoms with van der Waals surface area (Å²) in [5.74, 6) is -0.715. The van der Waals surface area contributed by atoms with Crippen molar-refractivity contribution >= 4 is 5.97 Å². The van der Waals surface area contributed by atoms with Gasteiger partial charge in [-0.05, 0) is 45.2 Å². The highest BCUT2D eigenvalue weighted by molar-refractivity contribution is 5.78. The third-order valence-electron chi connectivity index (χ3n) is 4.60. The predicted molar refractivity (Wildman–Crippen MR) is 84.7 cm³/mol. The SMILES string of the molecule is CCCNC(CC)(CCCN1CCOCC1CC)C(=O)O. The monoisotopic (exact) mass is 300 g/mol. The summed E-state index contributed by atoms with van der Waals surface area (Å²) in [6.45, 7) is 10.5. The Bertz CT molecular complexity index is 312. The van der Waals surface area contributed by atoms with Gasteiger partial charge in [0.15, 0.2) is 0 Å². The van der Waals surface area contributed by atoms with E-state index in [2.05, 4.69) is 24.1 Å². The molecule has 2 N–H and O–H groups in total. The highest BCUT2D eigenvalue weighted by Crippen LogP contribution is 2.20. The standard InChI is InChI=1S/C16H32N2O3/c1-4-9-17-16(6-3,15(19)20)8-7-10-18-11-12-21-13-14(18)5-2/h14,17H,4-13H2,1-3H3,(H,19,20). The lowest BCUT2D eigenvalue weighted by molar-refractivity contribution is -0.145. The second-order valence-electron chi connectivity index (χ2n) is 5.94. The van der Waals surface area contributed by atoms with Gasteiger partial charge in [-0.1, -0.05) is 20.8 Å². The summed E-state index contributed by atoms with van der Waals surface area (Å²) in [6.07, 6.45) is 4.27. The van der Waals surface area contributed by atoms with Gasteiger partial charge in [0.05, 0.1) is 13.2 Å². The molecule has 0 aromatic rings. The average Bonchev–Trinajstić information content (AvgIpc) is 2.51. The van der Waals surface area contributed by atoms with Crippen LogP contribution in [0.1, 0.15) is 52.9 Å². The molecule has 0 aliphatic carbocycles. The molecule has 0 radical (unpaired) electrons. The summed E-state index contributed by atoms with van der Waals surface area (Å²) in [4.78, 5) is 14.1. The van der Waals surface area contributed by atoms with Crippen LogP contribution in [0.5, 0.6) is 0 Å². The Morgan fingerprint density at radius 3 is 2.76 bits per heavy atom. The molecule has 0 amide bonds. The molecule has 2 atom stereocenters. The Morgan fingerprint density at radius 2 is 2.19 bits per heavy atom. The van der Waals surface area contributed by atoms with Crippen molar-refractivity contribution in [3.05, 3.63) is 0 Å². The van der Waals surface area contributed by atoms with Crippen molar-refractivity contribution in [2.24, 2.45) is 0 Å². The Hall–Kier alpha value is -0.650. The highest BCUT2D eigenvalue weighted by atomic mass is 16.5. The lowest BCUT2D eigenvalue weighted by Gasteiger charge is -2.36. The molecule has 124 valence electrons. The molecule has 21 heavy (non-hydrogen) atoms. The second-order valence-corrected chi connectivity index (χ2v) is 5.94. The van der Waals surface area contributed by atoms with Crippen molar-refractivity contribution in [2.45, 2.75) is 64.5 Å². The maximum atomic E-state index is 11.7. The molecule has 1 heterocycles. The molecule has 0 aromatic heterocycles. The number of carbonyl (C=O) groups is 1. The van der Waals surface area contributed by atoms with E-state index in [4.69, 9.17) is 4.74 Å². The lowest BCUT2D eigenvalue weighted by atomic mass is 9.90. The zero-order valence-corrected chi connectivity index (χ0v) is 13.9. The topological polar surface area (TPSA) is 61.8 Å². The summed E-state index contributed by atoms with van der Waals surface area (Å²) in [5, 5.41) is 12.8. The molecule has 2 unspecified atom stereocenters. The average molecular weight is 300 g/mol. The first-order valence-corrected chi connectivity index (χ1v) is 8.39. The van der Waals surface area contributed by atoms with E-state index in [1.807, 2.05) is 6.92 Å². The molecule has 5 nitrogen and oxygen atoms in total. The van der Waals surface area contributed by atoms with Crippen molar-refractivity contribution in [3.63, 3.8) is 0 Å². The van der Waals surface area contributed by atoms with E-state index in [0.717, 1.165) is 52.1 Å². The van der Waals surface area contributed by atoms with Crippen LogP contribution in [0.15, 0.2) is 0 Å². The Kier molecular flexibility index (Phi) is 8.22. The fourth-order valence-corrected chi connectivity index (χ4v) is 3.03. The van der Waals surface area contributed by atoms with E-state index in [-0.39, 0.29) is 0 Å². The van der Waals surface area contributed by atoms with Crippen LogP contribution < -0.4 is 5.32 Å². The van der Waals surface area contributed by atoms with Crippen molar-refractivity contribution in [2.75, 3.05) is 32.8 Å². The van der Waals surface area contributed by atoms with E-state index in [1.54, 1.807) is 0 Å². The molecule has 5 heteroatoms. The third-order valence-corrected chi connectivity index (χ3v) is 4.60. The Morgan fingerprint density at radius 1 is 1.43 bits per heavy atom. The number of hydrogen-bond donors (Lipinski definition) is 2. The maximum absolute atomic E-state index is 11.7. The first-order chi connectivity index (χ1) is 10.1. The van der Waals surface area contributed by atoms with Crippen LogP contribution in [0.3, 0.4) is 0 Å². The number of ether oxygens (including phenoxy) is 1. The summed E-state index contributed by atoms with van der Waals surface area (Å²) >= 11 is 0.